The number of terminal acetylenes is 1. The van der Waals surface area contributed by atoms with Gasteiger partial charge in [-0.3, -0.25) is 4.79 Å². The summed E-state index contributed by atoms with van der Waals surface area (Å²) >= 11 is 0. The predicted molar refractivity (Wildman–Crippen MR) is 127 cm³/mol. The summed E-state index contributed by atoms with van der Waals surface area (Å²) in [6.07, 6.45) is 5.65. The summed E-state index contributed by atoms with van der Waals surface area (Å²) in [5, 5.41) is 3.00. The second-order valence-electron chi connectivity index (χ2n) is 7.41. The maximum absolute atomic E-state index is 13.1. The minimum absolute atomic E-state index is 0.0336. The van der Waals surface area contributed by atoms with Crippen LogP contribution in [0.3, 0.4) is 0 Å². The number of sulfonamides is 1. The number of para-hydroxylation sites is 2. The van der Waals surface area contributed by atoms with Gasteiger partial charge in [-0.15, -0.1) is 6.42 Å². The molecular weight excluding hydrogens is 436 g/mol. The van der Waals surface area contributed by atoms with Crippen LogP contribution in [0.5, 0.6) is 0 Å². The normalized spacial score (nSPS) is 12.2. The van der Waals surface area contributed by atoms with Crippen molar-refractivity contribution < 1.29 is 13.2 Å². The molecule has 0 aliphatic heterocycles. The van der Waals surface area contributed by atoms with Crippen LogP contribution >= 0.6 is 0 Å². The molecule has 8 heteroatoms. The van der Waals surface area contributed by atoms with Gasteiger partial charge in [-0.25, -0.2) is 13.4 Å². The molecule has 0 aliphatic carbocycles. The van der Waals surface area contributed by atoms with Gasteiger partial charge in [-0.05, 0) is 42.3 Å². The van der Waals surface area contributed by atoms with Gasteiger partial charge in [-0.2, -0.15) is 4.72 Å². The van der Waals surface area contributed by atoms with Crippen LogP contribution in [0.1, 0.15) is 27.8 Å². The third-order valence-corrected chi connectivity index (χ3v) is 6.50. The minimum atomic E-state index is -3.82. The summed E-state index contributed by atoms with van der Waals surface area (Å²) in [7, 11) is -3.82. The molecule has 4 rings (SSSR count). The molecule has 0 saturated carbocycles. The first-order valence-electron chi connectivity index (χ1n) is 10.3. The Kier molecular flexibility index (Phi) is 6.54. The lowest BCUT2D eigenvalue weighted by atomic mass is 10.0. The van der Waals surface area contributed by atoms with Crippen molar-refractivity contribution in [3.8, 4) is 12.3 Å². The van der Waals surface area contributed by atoms with Crippen molar-refractivity contribution in [3.05, 3.63) is 95.8 Å². The molecule has 1 amide bonds. The Labute approximate surface area is 192 Å². The van der Waals surface area contributed by atoms with E-state index in [1.807, 2.05) is 54.6 Å². The van der Waals surface area contributed by atoms with Gasteiger partial charge in [0.05, 0.1) is 28.5 Å². The van der Waals surface area contributed by atoms with Crippen LogP contribution in [0.15, 0.2) is 83.8 Å². The second-order valence-corrected chi connectivity index (χ2v) is 9.18. The number of hydrogen-bond acceptors (Lipinski definition) is 4. The molecule has 0 spiro atoms. The third kappa shape index (κ3) is 5.29. The fourth-order valence-electron chi connectivity index (χ4n) is 3.47. The topological polar surface area (TPSA) is 104 Å². The predicted octanol–water partition coefficient (Wildman–Crippen LogP) is 3.19. The summed E-state index contributed by atoms with van der Waals surface area (Å²) in [4.78, 5) is 21.0. The van der Waals surface area contributed by atoms with Crippen LogP contribution < -0.4 is 10.0 Å². The highest BCUT2D eigenvalue weighted by Crippen LogP contribution is 2.21. The van der Waals surface area contributed by atoms with Gasteiger partial charge in [0.25, 0.3) is 5.91 Å². The number of aromatic nitrogens is 2. The summed E-state index contributed by atoms with van der Waals surface area (Å²) in [5.74, 6) is 2.44. The van der Waals surface area contributed by atoms with E-state index >= 15 is 0 Å². The molecule has 0 saturated heterocycles. The van der Waals surface area contributed by atoms with Crippen molar-refractivity contribution >= 4 is 27.0 Å². The molecule has 0 unspecified atom stereocenters. The quantitative estimate of drug-likeness (QED) is 0.353. The van der Waals surface area contributed by atoms with Crippen molar-refractivity contribution in [1.82, 2.24) is 20.0 Å². The molecule has 3 aromatic carbocycles. The number of imidazole rings is 1. The van der Waals surface area contributed by atoms with Gasteiger partial charge >= 0.3 is 0 Å². The molecular formula is C25H22N4O3S. The number of hydrogen-bond donors (Lipinski definition) is 3. The number of amides is 1. The SMILES string of the molecule is C#CCNS(=O)(=O)c1cccc(C(=O)N[C@H](Cc2ccccc2)c2nc3ccccc3[nH]2)c1. The monoisotopic (exact) mass is 458 g/mol. The number of carbonyl (C=O) groups is 1. The Morgan fingerprint density at radius 1 is 1.03 bits per heavy atom. The van der Waals surface area contributed by atoms with Crippen LogP contribution in [-0.4, -0.2) is 30.8 Å². The van der Waals surface area contributed by atoms with Gasteiger partial charge < -0.3 is 10.3 Å². The molecule has 0 radical (unpaired) electrons. The fraction of sp³-hybridized carbons (Fsp3) is 0.120. The van der Waals surface area contributed by atoms with Crippen LogP contribution in [-0.2, 0) is 16.4 Å². The summed E-state index contributed by atoms with van der Waals surface area (Å²) in [5.41, 5.74) is 2.91. The number of H-pyrrole nitrogens is 1. The zero-order valence-corrected chi connectivity index (χ0v) is 18.5. The second kappa shape index (κ2) is 9.69. The van der Waals surface area contributed by atoms with E-state index in [1.165, 1.54) is 18.2 Å². The maximum Gasteiger partial charge on any atom is 0.251 e. The Hall–Kier alpha value is -3.93. The molecule has 3 N–H and O–H groups in total. The molecule has 7 nitrogen and oxygen atoms in total. The van der Waals surface area contributed by atoms with Gasteiger partial charge in [0.1, 0.15) is 5.82 Å². The van der Waals surface area contributed by atoms with Crippen molar-refractivity contribution in [2.45, 2.75) is 17.4 Å². The minimum Gasteiger partial charge on any atom is -0.342 e. The fourth-order valence-corrected chi connectivity index (χ4v) is 4.45. The number of benzene rings is 3. The standard InChI is InChI=1S/C25H22N4O3S/c1-2-15-26-33(31,32)20-12-8-11-19(17-20)25(30)29-23(16-18-9-4-3-5-10-18)24-27-21-13-6-7-14-22(21)28-24/h1,3-14,17,23,26H,15-16H2,(H,27,28)(H,29,30)/t23-/m1/s1. The zero-order valence-electron chi connectivity index (χ0n) is 17.7. The first-order chi connectivity index (χ1) is 16.0. The Morgan fingerprint density at radius 3 is 2.55 bits per heavy atom. The van der Waals surface area contributed by atoms with Crippen LogP contribution in [0.25, 0.3) is 11.0 Å². The lowest BCUT2D eigenvalue weighted by Gasteiger charge is -2.17. The lowest BCUT2D eigenvalue weighted by Crippen LogP contribution is -2.31. The molecule has 166 valence electrons. The highest BCUT2D eigenvalue weighted by atomic mass is 32.2. The van der Waals surface area contributed by atoms with Crippen LogP contribution in [0.2, 0.25) is 0 Å². The molecule has 4 aromatic rings. The summed E-state index contributed by atoms with van der Waals surface area (Å²) in [6.45, 7) is -0.135. The highest BCUT2D eigenvalue weighted by Gasteiger charge is 2.21. The van der Waals surface area contributed by atoms with E-state index in [0.717, 1.165) is 16.6 Å². The first-order valence-corrected chi connectivity index (χ1v) is 11.8. The number of aromatic amines is 1. The first kappa shape index (κ1) is 22.3. The maximum atomic E-state index is 13.1. The summed E-state index contributed by atoms with van der Waals surface area (Å²) in [6, 6.07) is 22.8. The van der Waals surface area contributed by atoms with Crippen LogP contribution in [0, 0.1) is 12.3 Å². The van der Waals surface area contributed by atoms with Gasteiger partial charge in [0.15, 0.2) is 0 Å². The van der Waals surface area contributed by atoms with Crippen LogP contribution in [0.4, 0.5) is 0 Å². The molecule has 0 bridgehead atoms. The smallest absolute Gasteiger partial charge is 0.251 e. The average molecular weight is 459 g/mol. The molecule has 1 aromatic heterocycles. The average Bonchev–Trinajstić information content (AvgIpc) is 3.27. The van der Waals surface area contributed by atoms with Crippen molar-refractivity contribution in [3.63, 3.8) is 0 Å². The van der Waals surface area contributed by atoms with E-state index < -0.39 is 22.0 Å². The number of nitrogens with zero attached hydrogens (tertiary/aromatic N) is 1. The Bertz CT molecular complexity index is 1390. The highest BCUT2D eigenvalue weighted by molar-refractivity contribution is 7.89. The number of nitrogens with one attached hydrogen (secondary N) is 3. The van der Waals surface area contributed by atoms with Crippen molar-refractivity contribution in [2.24, 2.45) is 0 Å². The van der Waals surface area contributed by atoms with Crippen molar-refractivity contribution in [1.29, 1.82) is 0 Å². The van der Waals surface area contributed by atoms with E-state index in [-0.39, 0.29) is 17.0 Å². The number of rotatable bonds is 8. The molecule has 1 atom stereocenters. The third-order valence-electron chi connectivity index (χ3n) is 5.10. The van der Waals surface area contributed by atoms with E-state index in [1.54, 1.807) is 6.07 Å². The van der Waals surface area contributed by atoms with Gasteiger partial charge in [-0.1, -0.05) is 54.5 Å². The Morgan fingerprint density at radius 2 is 1.79 bits per heavy atom. The van der Waals surface area contributed by atoms with E-state index in [0.29, 0.717) is 12.2 Å². The van der Waals surface area contributed by atoms with E-state index in [2.05, 4.69) is 25.9 Å². The molecule has 0 aliphatic rings. The zero-order chi connectivity index (χ0) is 23.3. The lowest BCUT2D eigenvalue weighted by molar-refractivity contribution is 0.0934. The van der Waals surface area contributed by atoms with Crippen molar-refractivity contribution in [2.75, 3.05) is 6.54 Å². The van der Waals surface area contributed by atoms with E-state index in [4.69, 9.17) is 6.42 Å². The van der Waals surface area contributed by atoms with Gasteiger partial charge in [0.2, 0.25) is 10.0 Å². The van der Waals surface area contributed by atoms with Gasteiger partial charge in [0, 0.05) is 5.56 Å². The number of carbonyl (C=O) groups excluding carboxylic acids is 1. The summed E-state index contributed by atoms with van der Waals surface area (Å²) < 4.78 is 27.1. The molecule has 1 heterocycles. The molecule has 0 fully saturated rings. The molecule has 33 heavy (non-hydrogen) atoms. The van der Waals surface area contributed by atoms with E-state index in [9.17, 15) is 13.2 Å². The number of fused-ring (bicyclic) bond motifs is 1. The largest absolute Gasteiger partial charge is 0.342 e. The Balaban J connectivity index is 1.63.